The molecule has 3 nitrogen and oxygen atoms in total. The maximum atomic E-state index is 11.2. The van der Waals surface area contributed by atoms with E-state index in [2.05, 4.69) is 40.7 Å². The molecule has 0 fully saturated rings. The van der Waals surface area contributed by atoms with Gasteiger partial charge in [-0.3, -0.25) is 0 Å². The van der Waals surface area contributed by atoms with E-state index in [4.69, 9.17) is 12.2 Å². The molecule has 0 saturated carbocycles. The van der Waals surface area contributed by atoms with E-state index < -0.39 is 0 Å². The number of carbonyl (C=O) groups is 1. The summed E-state index contributed by atoms with van der Waals surface area (Å²) in [7, 11) is 0. The first-order valence-electron chi connectivity index (χ1n) is 8.61. The van der Waals surface area contributed by atoms with Gasteiger partial charge in [0.15, 0.2) is 0 Å². The minimum absolute atomic E-state index is 0.273. The maximum absolute atomic E-state index is 11.2. The number of nitrogens with zero attached hydrogens (tertiary/aromatic N) is 1. The largest absolute Gasteiger partial charge is 0.347 e. The summed E-state index contributed by atoms with van der Waals surface area (Å²) < 4.78 is 3.22. The SMILES string of the molecule is Cc1ccc(Sc2c3n(c4[nH]ccc(=S)c24)CCCC3CC=O)cc1. The quantitative estimate of drug-likeness (QED) is 0.479. The number of aldehydes is 1. The van der Waals surface area contributed by atoms with Gasteiger partial charge < -0.3 is 14.3 Å². The number of rotatable bonds is 4. The van der Waals surface area contributed by atoms with Gasteiger partial charge in [0, 0.05) is 46.0 Å². The Morgan fingerprint density at radius 1 is 1.32 bits per heavy atom. The summed E-state index contributed by atoms with van der Waals surface area (Å²) in [6.07, 6.45) is 5.70. The van der Waals surface area contributed by atoms with Gasteiger partial charge in [-0.05, 0) is 38.0 Å². The Kier molecular flexibility index (Phi) is 4.52. The Hall–Kier alpha value is -1.85. The van der Waals surface area contributed by atoms with Gasteiger partial charge in [-0.1, -0.05) is 41.7 Å². The van der Waals surface area contributed by atoms with Crippen LogP contribution in [0.15, 0.2) is 46.3 Å². The number of aromatic nitrogens is 2. The van der Waals surface area contributed by atoms with Crippen molar-refractivity contribution < 1.29 is 4.79 Å². The maximum Gasteiger partial charge on any atom is 0.120 e. The molecular formula is C20H20N2OS2. The average Bonchev–Trinajstić information content (AvgIpc) is 2.94. The number of fused-ring (bicyclic) bond motifs is 3. The molecule has 0 saturated heterocycles. The van der Waals surface area contributed by atoms with Crippen LogP contribution in [0.25, 0.3) is 11.0 Å². The molecule has 1 atom stereocenters. The lowest BCUT2D eigenvalue weighted by atomic mass is 9.93. The topological polar surface area (TPSA) is 37.8 Å². The lowest BCUT2D eigenvalue weighted by Crippen LogP contribution is -2.16. The van der Waals surface area contributed by atoms with Crippen LogP contribution in [0.2, 0.25) is 0 Å². The molecule has 4 rings (SSSR count). The van der Waals surface area contributed by atoms with Gasteiger partial charge in [-0.25, -0.2) is 0 Å². The van der Waals surface area contributed by atoms with Gasteiger partial charge in [0.05, 0.1) is 4.51 Å². The molecule has 3 heterocycles. The van der Waals surface area contributed by atoms with Crippen molar-refractivity contribution in [3.05, 3.63) is 52.3 Å². The van der Waals surface area contributed by atoms with E-state index in [1.54, 1.807) is 11.8 Å². The Labute approximate surface area is 156 Å². The third kappa shape index (κ3) is 2.96. The fourth-order valence-electron chi connectivity index (χ4n) is 3.72. The molecule has 0 aliphatic carbocycles. The lowest BCUT2D eigenvalue weighted by molar-refractivity contribution is -0.108. The van der Waals surface area contributed by atoms with Crippen LogP contribution in [-0.4, -0.2) is 15.8 Å². The third-order valence-corrected chi connectivity index (χ3v) is 6.37. The van der Waals surface area contributed by atoms with Crippen molar-refractivity contribution in [2.75, 3.05) is 0 Å². The third-order valence-electron chi connectivity index (χ3n) is 4.90. The average molecular weight is 369 g/mol. The Morgan fingerprint density at radius 3 is 2.88 bits per heavy atom. The highest BCUT2D eigenvalue weighted by atomic mass is 32.2. The highest BCUT2D eigenvalue weighted by Crippen LogP contribution is 2.45. The molecule has 3 aromatic rings. The minimum atomic E-state index is 0.273. The smallest absolute Gasteiger partial charge is 0.120 e. The monoisotopic (exact) mass is 368 g/mol. The zero-order valence-electron chi connectivity index (χ0n) is 14.1. The van der Waals surface area contributed by atoms with Crippen molar-refractivity contribution in [3.63, 3.8) is 0 Å². The first-order chi connectivity index (χ1) is 12.2. The number of benzene rings is 1. The number of carbonyl (C=O) groups excluding carboxylic acids is 1. The van der Waals surface area contributed by atoms with E-state index in [9.17, 15) is 4.79 Å². The van der Waals surface area contributed by atoms with Crippen LogP contribution in [0, 0.1) is 11.4 Å². The molecule has 2 aromatic heterocycles. The zero-order chi connectivity index (χ0) is 17.4. The summed E-state index contributed by atoms with van der Waals surface area (Å²) >= 11 is 7.42. The van der Waals surface area contributed by atoms with Gasteiger partial charge in [-0.15, -0.1) is 0 Å². The molecule has 0 radical (unpaired) electrons. The van der Waals surface area contributed by atoms with E-state index in [0.29, 0.717) is 6.42 Å². The zero-order valence-corrected chi connectivity index (χ0v) is 15.8. The van der Waals surface area contributed by atoms with Crippen LogP contribution in [0.3, 0.4) is 0 Å². The van der Waals surface area contributed by atoms with Crippen molar-refractivity contribution in [2.45, 2.75) is 48.4 Å². The van der Waals surface area contributed by atoms with E-state index >= 15 is 0 Å². The highest BCUT2D eigenvalue weighted by molar-refractivity contribution is 7.99. The van der Waals surface area contributed by atoms with Gasteiger partial charge in [-0.2, -0.15) is 0 Å². The number of H-pyrrole nitrogens is 1. The van der Waals surface area contributed by atoms with Crippen LogP contribution in [-0.2, 0) is 11.3 Å². The number of aryl methyl sites for hydroxylation is 2. The summed E-state index contributed by atoms with van der Waals surface area (Å²) in [5, 5.41) is 1.12. The molecule has 1 aromatic carbocycles. The van der Waals surface area contributed by atoms with Crippen LogP contribution in [0.1, 0.15) is 36.4 Å². The number of nitrogens with one attached hydrogen (secondary N) is 1. The van der Waals surface area contributed by atoms with E-state index in [-0.39, 0.29) is 5.92 Å². The Balaban J connectivity index is 1.94. The number of hydrogen-bond donors (Lipinski definition) is 1. The molecule has 25 heavy (non-hydrogen) atoms. The molecule has 1 N–H and O–H groups in total. The second kappa shape index (κ2) is 6.81. The van der Waals surface area contributed by atoms with E-state index in [0.717, 1.165) is 41.2 Å². The molecular weight excluding hydrogens is 348 g/mol. The number of pyridine rings is 1. The molecule has 0 spiro atoms. The summed E-state index contributed by atoms with van der Waals surface area (Å²) in [6.45, 7) is 3.07. The minimum Gasteiger partial charge on any atom is -0.347 e. The number of hydrogen-bond acceptors (Lipinski definition) is 3. The van der Waals surface area contributed by atoms with E-state index in [1.165, 1.54) is 21.0 Å². The first-order valence-corrected chi connectivity index (χ1v) is 9.83. The molecule has 1 aliphatic heterocycles. The molecule has 0 amide bonds. The van der Waals surface area contributed by atoms with Gasteiger partial charge in [0.25, 0.3) is 0 Å². The van der Waals surface area contributed by atoms with Crippen LogP contribution < -0.4 is 0 Å². The molecule has 0 bridgehead atoms. The van der Waals surface area contributed by atoms with Crippen molar-refractivity contribution in [3.8, 4) is 0 Å². The molecule has 128 valence electrons. The normalized spacial score (nSPS) is 16.8. The van der Waals surface area contributed by atoms with Crippen LogP contribution >= 0.6 is 24.0 Å². The fraction of sp³-hybridized carbons (Fsp3) is 0.300. The summed E-state index contributed by atoms with van der Waals surface area (Å²) in [5.74, 6) is 0.273. The van der Waals surface area contributed by atoms with Crippen LogP contribution in [0.4, 0.5) is 0 Å². The predicted molar refractivity (Wildman–Crippen MR) is 105 cm³/mol. The highest BCUT2D eigenvalue weighted by Gasteiger charge is 2.28. The van der Waals surface area contributed by atoms with Crippen molar-refractivity contribution in [1.29, 1.82) is 0 Å². The fourth-order valence-corrected chi connectivity index (χ4v) is 5.24. The summed E-state index contributed by atoms with van der Waals surface area (Å²) in [5.41, 5.74) is 3.62. The number of aromatic amines is 1. The summed E-state index contributed by atoms with van der Waals surface area (Å²) in [6, 6.07) is 10.5. The van der Waals surface area contributed by atoms with Crippen molar-refractivity contribution in [1.82, 2.24) is 9.55 Å². The molecule has 1 aliphatic rings. The van der Waals surface area contributed by atoms with Crippen molar-refractivity contribution in [2.24, 2.45) is 0 Å². The molecule has 1 unspecified atom stereocenters. The van der Waals surface area contributed by atoms with Crippen LogP contribution in [0.5, 0.6) is 0 Å². The lowest BCUT2D eigenvalue weighted by Gasteiger charge is -2.25. The predicted octanol–water partition coefficient (Wildman–Crippen LogP) is 5.62. The van der Waals surface area contributed by atoms with E-state index in [1.807, 2.05) is 12.3 Å². The van der Waals surface area contributed by atoms with Gasteiger partial charge in [0.1, 0.15) is 11.9 Å². The second-order valence-corrected chi connectivity index (χ2v) is 8.11. The Bertz CT molecular complexity index is 985. The standard InChI is InChI=1S/C20H20N2OS2/c1-13-4-6-15(7-5-13)25-19-17-16(24)8-10-21-20(17)22-11-2-3-14(9-12-23)18(19)22/h4-8,10,12,14H,2-3,9,11H2,1H3,(H,21,24). The second-order valence-electron chi connectivity index (χ2n) is 6.59. The Morgan fingerprint density at radius 2 is 2.12 bits per heavy atom. The van der Waals surface area contributed by atoms with Gasteiger partial charge >= 0.3 is 0 Å². The van der Waals surface area contributed by atoms with Gasteiger partial charge in [0.2, 0.25) is 0 Å². The summed E-state index contributed by atoms with van der Waals surface area (Å²) in [4.78, 5) is 17.0. The molecule has 5 heteroatoms. The van der Waals surface area contributed by atoms with Crippen molar-refractivity contribution >= 4 is 41.3 Å². The first kappa shape index (κ1) is 16.6.